The van der Waals surface area contributed by atoms with Gasteiger partial charge in [0.1, 0.15) is 23.3 Å². The molecule has 0 saturated heterocycles. The van der Waals surface area contributed by atoms with E-state index in [1.807, 2.05) is 6.07 Å². The first-order chi connectivity index (χ1) is 8.94. The third-order valence-electron chi connectivity index (χ3n) is 2.00. The van der Waals surface area contributed by atoms with Crippen LogP contribution < -0.4 is 5.32 Å². The Morgan fingerprint density at radius 3 is 2.58 bits per heavy atom. The summed E-state index contributed by atoms with van der Waals surface area (Å²) in [5, 5.41) is 29.6. The Hall–Kier alpha value is -2.74. The zero-order chi connectivity index (χ0) is 14.3. The summed E-state index contributed by atoms with van der Waals surface area (Å²) in [5.41, 5.74) is 0.396. The van der Waals surface area contributed by atoms with Crippen molar-refractivity contribution in [2.24, 2.45) is 0 Å². The second-order valence-corrected chi connectivity index (χ2v) is 4.32. The fourth-order valence-corrected chi connectivity index (χ4v) is 1.16. The van der Waals surface area contributed by atoms with Crippen LogP contribution in [0.2, 0.25) is 0 Å². The number of allylic oxidation sites excluding steroid dienone is 1. The highest BCUT2D eigenvalue weighted by Crippen LogP contribution is 2.11. The van der Waals surface area contributed by atoms with Crippen LogP contribution in [0.5, 0.6) is 0 Å². The van der Waals surface area contributed by atoms with E-state index in [0.29, 0.717) is 5.69 Å². The Balaban J connectivity index is 2.90. The van der Waals surface area contributed by atoms with Gasteiger partial charge in [-0.25, -0.2) is 0 Å². The van der Waals surface area contributed by atoms with Crippen LogP contribution in [-0.2, 0) is 0 Å². The Morgan fingerprint density at radius 2 is 2.00 bits per heavy atom. The van der Waals surface area contributed by atoms with Gasteiger partial charge in [0.15, 0.2) is 0 Å². The zero-order valence-electron chi connectivity index (χ0n) is 10.7. The predicted molar refractivity (Wildman–Crippen MR) is 72.5 cm³/mol. The molecule has 1 rings (SSSR count). The predicted octanol–water partition coefficient (Wildman–Crippen LogP) is 2.15. The van der Waals surface area contributed by atoms with Gasteiger partial charge in [0.2, 0.25) is 0 Å². The van der Waals surface area contributed by atoms with Crippen molar-refractivity contribution >= 4 is 5.69 Å². The number of hydrogen-bond donors (Lipinski definition) is 2. The van der Waals surface area contributed by atoms with Crippen molar-refractivity contribution in [1.29, 1.82) is 10.5 Å². The van der Waals surface area contributed by atoms with Gasteiger partial charge in [0.05, 0.1) is 0 Å². The van der Waals surface area contributed by atoms with E-state index in [2.05, 4.69) is 17.2 Å². The molecule has 94 valence electrons. The van der Waals surface area contributed by atoms with Crippen LogP contribution >= 0.6 is 0 Å². The van der Waals surface area contributed by atoms with E-state index in [-0.39, 0.29) is 5.57 Å². The van der Waals surface area contributed by atoms with E-state index < -0.39 is 5.60 Å². The lowest BCUT2D eigenvalue weighted by molar-refractivity contribution is 0.143. The molecule has 0 fully saturated rings. The largest absolute Gasteiger partial charge is 0.378 e. The molecule has 4 heteroatoms. The van der Waals surface area contributed by atoms with Gasteiger partial charge in [-0.1, -0.05) is 17.9 Å². The average molecular weight is 251 g/mol. The quantitative estimate of drug-likeness (QED) is 0.623. The van der Waals surface area contributed by atoms with Crippen LogP contribution in [0.4, 0.5) is 5.69 Å². The summed E-state index contributed by atoms with van der Waals surface area (Å²) in [7, 11) is 0. The topological polar surface area (TPSA) is 79.8 Å². The number of hydrogen-bond acceptors (Lipinski definition) is 4. The molecule has 0 radical (unpaired) electrons. The molecular weight excluding hydrogens is 238 g/mol. The molecule has 1 aromatic carbocycles. The number of benzene rings is 1. The molecule has 0 amide bonds. The molecule has 2 N–H and O–H groups in total. The first-order valence-electron chi connectivity index (χ1n) is 5.57. The molecule has 0 aliphatic heterocycles. The molecule has 0 spiro atoms. The van der Waals surface area contributed by atoms with Crippen LogP contribution in [0.15, 0.2) is 36.0 Å². The van der Waals surface area contributed by atoms with Crippen LogP contribution in [0, 0.1) is 34.5 Å². The lowest BCUT2D eigenvalue weighted by atomic mass is 10.1. The Morgan fingerprint density at radius 1 is 1.32 bits per heavy atom. The monoisotopic (exact) mass is 251 g/mol. The molecule has 0 aliphatic carbocycles. The Labute approximate surface area is 112 Å². The summed E-state index contributed by atoms with van der Waals surface area (Å²) >= 11 is 0. The van der Waals surface area contributed by atoms with Gasteiger partial charge in [0, 0.05) is 17.5 Å². The molecule has 19 heavy (non-hydrogen) atoms. The lowest BCUT2D eigenvalue weighted by Crippen LogP contribution is -2.14. The van der Waals surface area contributed by atoms with Gasteiger partial charge < -0.3 is 10.4 Å². The minimum Gasteiger partial charge on any atom is -0.378 e. The number of nitriles is 2. The molecule has 0 aliphatic rings. The highest BCUT2D eigenvalue weighted by atomic mass is 16.3. The van der Waals surface area contributed by atoms with Crippen molar-refractivity contribution in [1.82, 2.24) is 0 Å². The zero-order valence-corrected chi connectivity index (χ0v) is 10.7. The fourth-order valence-electron chi connectivity index (χ4n) is 1.16. The van der Waals surface area contributed by atoms with Crippen molar-refractivity contribution in [2.45, 2.75) is 19.4 Å². The van der Waals surface area contributed by atoms with Gasteiger partial charge >= 0.3 is 0 Å². The SMILES string of the molecule is CC(C)(O)C#Cc1cccc(NC=C(C#N)C#N)c1. The number of nitrogens with one attached hydrogen (secondary N) is 1. The molecule has 0 atom stereocenters. The number of rotatable bonds is 2. The van der Waals surface area contributed by atoms with Crippen molar-refractivity contribution < 1.29 is 5.11 Å². The lowest BCUT2D eigenvalue weighted by Gasteiger charge is -2.06. The standard InChI is InChI=1S/C15H13N3O/c1-15(2,19)7-6-12-4-3-5-14(8-12)18-11-13(9-16)10-17/h3-5,8,11,18-19H,1-2H3. The molecule has 1 aromatic rings. The second kappa shape index (κ2) is 6.26. The van der Waals surface area contributed by atoms with Gasteiger partial charge in [-0.2, -0.15) is 10.5 Å². The van der Waals surface area contributed by atoms with Gasteiger partial charge in [-0.15, -0.1) is 0 Å². The number of aliphatic hydroxyl groups is 1. The summed E-state index contributed by atoms with van der Waals surface area (Å²) in [6, 6.07) is 10.7. The van der Waals surface area contributed by atoms with Crippen molar-refractivity contribution in [2.75, 3.05) is 5.32 Å². The molecular formula is C15H13N3O. The highest BCUT2D eigenvalue weighted by Gasteiger charge is 2.05. The molecule has 0 saturated carbocycles. The van der Waals surface area contributed by atoms with Crippen molar-refractivity contribution in [3.8, 4) is 24.0 Å². The first-order valence-corrected chi connectivity index (χ1v) is 5.57. The molecule has 0 unspecified atom stereocenters. The minimum atomic E-state index is -1.04. The van der Waals surface area contributed by atoms with Gasteiger partial charge in [0.25, 0.3) is 0 Å². The van der Waals surface area contributed by atoms with Crippen LogP contribution in [0.1, 0.15) is 19.4 Å². The van der Waals surface area contributed by atoms with Crippen LogP contribution in [-0.4, -0.2) is 10.7 Å². The molecule has 0 heterocycles. The normalized spacial score (nSPS) is 9.32. The van der Waals surface area contributed by atoms with E-state index in [4.69, 9.17) is 10.5 Å². The summed E-state index contributed by atoms with van der Waals surface area (Å²) in [6.07, 6.45) is 1.34. The van der Waals surface area contributed by atoms with E-state index in [9.17, 15) is 5.11 Å². The van der Waals surface area contributed by atoms with Gasteiger partial charge in [-0.3, -0.25) is 0 Å². The maximum Gasteiger partial charge on any atom is 0.145 e. The molecule has 0 aromatic heterocycles. The van der Waals surface area contributed by atoms with E-state index in [0.717, 1.165) is 5.56 Å². The Kier molecular flexibility index (Phi) is 4.72. The average Bonchev–Trinajstić information content (AvgIpc) is 2.37. The minimum absolute atomic E-state index is 0.00650. The summed E-state index contributed by atoms with van der Waals surface area (Å²) in [5.74, 6) is 5.56. The van der Waals surface area contributed by atoms with E-state index in [1.54, 1.807) is 44.2 Å². The Bertz CT molecular complexity index is 612. The van der Waals surface area contributed by atoms with E-state index in [1.165, 1.54) is 6.20 Å². The maximum absolute atomic E-state index is 9.52. The first kappa shape index (κ1) is 14.3. The van der Waals surface area contributed by atoms with Crippen molar-refractivity contribution in [3.63, 3.8) is 0 Å². The highest BCUT2D eigenvalue weighted by molar-refractivity contribution is 5.54. The molecule has 4 nitrogen and oxygen atoms in total. The molecule has 0 bridgehead atoms. The van der Waals surface area contributed by atoms with Crippen molar-refractivity contribution in [3.05, 3.63) is 41.6 Å². The second-order valence-electron chi connectivity index (χ2n) is 4.32. The van der Waals surface area contributed by atoms with Crippen LogP contribution in [0.3, 0.4) is 0 Å². The third-order valence-corrected chi connectivity index (χ3v) is 2.00. The summed E-state index contributed by atoms with van der Waals surface area (Å²) in [6.45, 7) is 3.22. The van der Waals surface area contributed by atoms with Crippen LogP contribution in [0.25, 0.3) is 0 Å². The maximum atomic E-state index is 9.52. The number of anilines is 1. The van der Waals surface area contributed by atoms with E-state index >= 15 is 0 Å². The summed E-state index contributed by atoms with van der Waals surface area (Å²) in [4.78, 5) is 0. The third kappa shape index (κ3) is 5.41. The smallest absolute Gasteiger partial charge is 0.145 e. The summed E-state index contributed by atoms with van der Waals surface area (Å²) < 4.78 is 0. The van der Waals surface area contributed by atoms with Gasteiger partial charge in [-0.05, 0) is 32.0 Å². The fraction of sp³-hybridized carbons (Fsp3) is 0.200. The number of nitrogens with zero attached hydrogens (tertiary/aromatic N) is 2.